The van der Waals surface area contributed by atoms with Crippen LogP contribution in [0.2, 0.25) is 5.02 Å². The lowest BCUT2D eigenvalue weighted by molar-refractivity contribution is -0.0592. The van der Waals surface area contributed by atoms with Gasteiger partial charge >= 0.3 is 5.97 Å². The molecule has 0 bridgehead atoms. The fourth-order valence-electron chi connectivity index (χ4n) is 6.53. The maximum Gasteiger partial charge on any atom is 0.335 e. The van der Waals surface area contributed by atoms with Crippen LogP contribution in [0.4, 0.5) is 4.39 Å². The molecule has 3 aromatic carbocycles. The Morgan fingerprint density at radius 2 is 2.00 bits per heavy atom. The van der Waals surface area contributed by atoms with Gasteiger partial charge in [0.2, 0.25) is 0 Å². The van der Waals surface area contributed by atoms with E-state index in [0.717, 1.165) is 54.8 Å². The fraction of sp³-hybridized carbons (Fsp3) is 0.394. The van der Waals surface area contributed by atoms with Crippen LogP contribution in [0.1, 0.15) is 65.5 Å². The van der Waals surface area contributed by atoms with E-state index in [1.165, 1.54) is 6.07 Å². The average molecular weight is 606 g/mol. The van der Waals surface area contributed by atoms with E-state index in [1.807, 2.05) is 12.1 Å². The molecule has 4 heterocycles. The highest BCUT2D eigenvalue weighted by molar-refractivity contribution is 6.30. The van der Waals surface area contributed by atoms with Crippen molar-refractivity contribution in [3.8, 4) is 11.5 Å². The molecule has 43 heavy (non-hydrogen) atoms. The molecule has 224 valence electrons. The second kappa shape index (κ2) is 11.4. The monoisotopic (exact) mass is 605 g/mol. The van der Waals surface area contributed by atoms with E-state index in [0.29, 0.717) is 35.2 Å². The highest BCUT2D eigenvalue weighted by Crippen LogP contribution is 2.45. The summed E-state index contributed by atoms with van der Waals surface area (Å²) in [5.41, 5.74) is 3.38. The van der Waals surface area contributed by atoms with Gasteiger partial charge < -0.3 is 23.9 Å². The molecule has 2 saturated heterocycles. The molecule has 2 unspecified atom stereocenters. The number of aromatic carboxylic acids is 1. The van der Waals surface area contributed by atoms with Gasteiger partial charge in [0.25, 0.3) is 0 Å². The smallest absolute Gasteiger partial charge is 0.335 e. The molecule has 4 atom stereocenters. The Morgan fingerprint density at radius 3 is 2.74 bits per heavy atom. The average Bonchev–Trinajstić information content (AvgIpc) is 3.31. The minimum Gasteiger partial charge on any atom is -0.485 e. The third-order valence-electron chi connectivity index (χ3n) is 9.02. The Labute approximate surface area is 253 Å². The number of carboxylic acids is 1. The number of aromatic nitrogens is 2. The van der Waals surface area contributed by atoms with Crippen LogP contribution in [0.3, 0.4) is 0 Å². The molecular weight excluding hydrogens is 573 g/mol. The second-order valence-electron chi connectivity index (χ2n) is 11.7. The van der Waals surface area contributed by atoms with Crippen molar-refractivity contribution in [2.75, 3.05) is 19.8 Å². The molecule has 0 radical (unpaired) electrons. The number of likely N-dealkylation sites (tertiary alicyclic amines) is 1. The number of carbonyl (C=O) groups is 1. The fourth-order valence-corrected chi connectivity index (χ4v) is 6.69. The molecule has 3 aliphatic heterocycles. The number of imidazole rings is 1. The van der Waals surface area contributed by atoms with Crippen molar-refractivity contribution >= 4 is 28.6 Å². The molecule has 0 aliphatic carbocycles. The van der Waals surface area contributed by atoms with Crippen LogP contribution in [0, 0.1) is 5.82 Å². The highest BCUT2D eigenvalue weighted by Gasteiger charge is 2.34. The topological polar surface area (TPSA) is 86.0 Å². The Bertz CT molecular complexity index is 1690. The largest absolute Gasteiger partial charge is 0.485 e. The first kappa shape index (κ1) is 28.1. The molecular formula is C33H33ClFN3O5. The van der Waals surface area contributed by atoms with Gasteiger partial charge in [-0.05, 0) is 75.0 Å². The zero-order valence-electron chi connectivity index (χ0n) is 23.8. The van der Waals surface area contributed by atoms with Gasteiger partial charge in [-0.2, -0.15) is 0 Å². The summed E-state index contributed by atoms with van der Waals surface area (Å²) >= 11 is 5.97. The number of ether oxygens (including phenoxy) is 3. The predicted molar refractivity (Wildman–Crippen MR) is 160 cm³/mol. The van der Waals surface area contributed by atoms with E-state index in [-0.39, 0.29) is 30.2 Å². The van der Waals surface area contributed by atoms with Crippen LogP contribution in [0.5, 0.6) is 11.5 Å². The molecule has 0 saturated carbocycles. The molecule has 3 aliphatic rings. The molecule has 0 spiro atoms. The third kappa shape index (κ3) is 5.46. The first-order chi connectivity index (χ1) is 20.8. The van der Waals surface area contributed by atoms with Crippen molar-refractivity contribution in [1.82, 2.24) is 14.5 Å². The number of hydrogen-bond acceptors (Lipinski definition) is 6. The maximum absolute atomic E-state index is 14.7. The van der Waals surface area contributed by atoms with Gasteiger partial charge in [0.05, 0.1) is 35.8 Å². The van der Waals surface area contributed by atoms with Gasteiger partial charge in [0.15, 0.2) is 17.6 Å². The van der Waals surface area contributed by atoms with Gasteiger partial charge in [0.1, 0.15) is 18.2 Å². The number of halogens is 2. The van der Waals surface area contributed by atoms with E-state index in [9.17, 15) is 14.3 Å². The molecule has 0 amide bonds. The van der Waals surface area contributed by atoms with Crippen molar-refractivity contribution in [2.24, 2.45) is 0 Å². The molecule has 2 fully saturated rings. The van der Waals surface area contributed by atoms with E-state index in [4.69, 9.17) is 30.8 Å². The number of nitrogens with zero attached hydrogens (tertiary/aromatic N) is 3. The SMILES string of the molecule is CC1CC(c2cccc3c2O[C@@H](c2ccc(Cl)cc2F)CO3)CCN1Cc1nc2ccc(C(=O)O)cc2n1C[C@@H]1CCO1. The first-order valence-corrected chi connectivity index (χ1v) is 15.2. The Hall–Kier alpha value is -3.66. The summed E-state index contributed by atoms with van der Waals surface area (Å²) in [7, 11) is 0. The van der Waals surface area contributed by atoms with Crippen LogP contribution in [-0.2, 0) is 17.8 Å². The van der Waals surface area contributed by atoms with Crippen LogP contribution in [-0.4, -0.2) is 57.4 Å². The van der Waals surface area contributed by atoms with Crippen LogP contribution < -0.4 is 9.47 Å². The number of benzene rings is 3. The Morgan fingerprint density at radius 1 is 1.14 bits per heavy atom. The molecule has 10 heteroatoms. The number of carboxylic acid groups (broad SMARTS) is 1. The molecule has 1 N–H and O–H groups in total. The van der Waals surface area contributed by atoms with Crippen molar-refractivity contribution in [1.29, 1.82) is 0 Å². The van der Waals surface area contributed by atoms with Gasteiger partial charge in [-0.3, -0.25) is 4.90 Å². The summed E-state index contributed by atoms with van der Waals surface area (Å²) in [6, 6.07) is 16.0. The number of piperidine rings is 1. The van der Waals surface area contributed by atoms with Crippen molar-refractivity contribution in [3.63, 3.8) is 0 Å². The zero-order valence-corrected chi connectivity index (χ0v) is 24.6. The zero-order chi connectivity index (χ0) is 29.7. The van der Waals surface area contributed by atoms with Gasteiger partial charge in [-0.1, -0.05) is 29.8 Å². The van der Waals surface area contributed by atoms with Crippen LogP contribution in [0.25, 0.3) is 11.0 Å². The molecule has 4 aromatic rings. The minimum atomic E-state index is -0.950. The third-order valence-corrected chi connectivity index (χ3v) is 9.26. The standard InChI is InChI=1S/C33H33ClFN3O5/c1-19-13-20(24-3-2-4-29-32(24)43-30(18-42-29)25-7-6-22(34)15-26(25)35)9-11-37(19)17-31-36-27-8-5-21(33(39)40)14-28(27)38(31)16-23-10-12-41-23/h2-8,14-15,19-20,23,30H,9-13,16-18H2,1H3,(H,39,40)/t19?,20?,23-,30+/m0/s1. The van der Waals surface area contributed by atoms with Gasteiger partial charge in [-0.25, -0.2) is 14.2 Å². The second-order valence-corrected chi connectivity index (χ2v) is 12.2. The predicted octanol–water partition coefficient (Wildman–Crippen LogP) is 6.60. The minimum absolute atomic E-state index is 0.115. The normalized spacial score (nSPS) is 23.7. The van der Waals surface area contributed by atoms with E-state index < -0.39 is 17.9 Å². The molecule has 8 nitrogen and oxygen atoms in total. The number of rotatable bonds is 7. The lowest BCUT2D eigenvalue weighted by Crippen LogP contribution is -2.40. The highest BCUT2D eigenvalue weighted by atomic mass is 35.5. The Balaban J connectivity index is 1.10. The lowest BCUT2D eigenvalue weighted by atomic mass is 9.85. The maximum atomic E-state index is 14.7. The van der Waals surface area contributed by atoms with Crippen molar-refractivity contribution in [2.45, 2.75) is 63.4 Å². The molecule has 1 aromatic heterocycles. The molecule has 7 rings (SSSR count). The van der Waals surface area contributed by atoms with E-state index in [2.05, 4.69) is 22.5 Å². The van der Waals surface area contributed by atoms with Gasteiger partial charge in [-0.15, -0.1) is 0 Å². The summed E-state index contributed by atoms with van der Waals surface area (Å²) < 4.78 is 35.1. The summed E-state index contributed by atoms with van der Waals surface area (Å²) in [6.07, 6.45) is 2.37. The first-order valence-electron chi connectivity index (χ1n) is 14.8. The van der Waals surface area contributed by atoms with Crippen molar-refractivity contribution in [3.05, 3.63) is 88.0 Å². The summed E-state index contributed by atoms with van der Waals surface area (Å²) in [6.45, 7) is 5.38. The van der Waals surface area contributed by atoms with E-state index >= 15 is 0 Å². The summed E-state index contributed by atoms with van der Waals surface area (Å²) in [5.74, 6) is 1.19. The quantitative estimate of drug-likeness (QED) is 0.254. The number of para-hydroxylation sites is 1. The lowest BCUT2D eigenvalue weighted by Gasteiger charge is -2.39. The van der Waals surface area contributed by atoms with Crippen LogP contribution >= 0.6 is 11.6 Å². The number of fused-ring (bicyclic) bond motifs is 2. The van der Waals surface area contributed by atoms with Gasteiger partial charge in [0, 0.05) is 28.8 Å². The van der Waals surface area contributed by atoms with Crippen LogP contribution in [0.15, 0.2) is 54.6 Å². The van der Waals surface area contributed by atoms with E-state index in [1.54, 1.807) is 30.3 Å². The summed E-state index contributed by atoms with van der Waals surface area (Å²) in [4.78, 5) is 19.0. The number of hydrogen-bond donors (Lipinski definition) is 1. The Kier molecular flexibility index (Phi) is 7.49. The van der Waals surface area contributed by atoms with Crippen molar-refractivity contribution < 1.29 is 28.5 Å². The summed E-state index contributed by atoms with van der Waals surface area (Å²) in [5, 5.41) is 9.91.